The van der Waals surface area contributed by atoms with Crippen LogP contribution in [0.2, 0.25) is 0 Å². The Morgan fingerprint density at radius 3 is 2.08 bits per heavy atom. The summed E-state index contributed by atoms with van der Waals surface area (Å²) in [6.07, 6.45) is 0.101. The number of sulfonamides is 1. The van der Waals surface area contributed by atoms with Crippen molar-refractivity contribution in [2.24, 2.45) is 0 Å². The predicted molar refractivity (Wildman–Crippen MR) is 184 cm³/mol. The summed E-state index contributed by atoms with van der Waals surface area (Å²) >= 11 is 0. The van der Waals surface area contributed by atoms with Crippen molar-refractivity contribution in [1.82, 2.24) is 10.2 Å². The van der Waals surface area contributed by atoms with Gasteiger partial charge in [-0.1, -0.05) is 66.2 Å². The zero-order valence-corrected chi connectivity index (χ0v) is 28.9. The van der Waals surface area contributed by atoms with Gasteiger partial charge >= 0.3 is 0 Å². The maximum Gasteiger partial charge on any atom is 0.264 e. The molecule has 1 N–H and O–H groups in total. The lowest BCUT2D eigenvalue weighted by Gasteiger charge is -2.35. The Morgan fingerprint density at radius 2 is 1.48 bits per heavy atom. The normalized spacial score (nSPS) is 12.1. The standard InChI is InChI=1S/C37H42FN3O6S/c1-26-16-19-30(20-17-26)48(44,45)41(29-18-21-33(46-5)34(23-29)47-6)25-35(42)40(24-28-14-10-11-15-31(28)38)32(36(43)39-37(2,3)4)22-27-12-8-7-9-13-27/h7-21,23,32H,22,24-25H2,1-6H3,(H,39,43). The van der Waals surface area contributed by atoms with Crippen LogP contribution in [0.15, 0.2) is 102 Å². The van der Waals surface area contributed by atoms with Crippen LogP contribution in [0.1, 0.15) is 37.5 Å². The number of nitrogens with one attached hydrogen (secondary N) is 1. The highest BCUT2D eigenvalue weighted by Crippen LogP contribution is 2.34. The fraction of sp³-hybridized carbons (Fsp3) is 0.297. The summed E-state index contributed by atoms with van der Waals surface area (Å²) in [4.78, 5) is 29.8. The van der Waals surface area contributed by atoms with Crippen LogP contribution in [0.25, 0.3) is 0 Å². The molecule has 1 unspecified atom stereocenters. The van der Waals surface area contributed by atoms with Gasteiger partial charge in [0, 0.05) is 30.1 Å². The highest BCUT2D eigenvalue weighted by Gasteiger charge is 2.36. The average Bonchev–Trinajstić information content (AvgIpc) is 3.05. The van der Waals surface area contributed by atoms with E-state index in [9.17, 15) is 18.0 Å². The minimum atomic E-state index is -4.34. The van der Waals surface area contributed by atoms with E-state index in [-0.39, 0.29) is 34.9 Å². The Bertz CT molecular complexity index is 1830. The van der Waals surface area contributed by atoms with Gasteiger partial charge in [0.1, 0.15) is 18.4 Å². The molecule has 0 saturated heterocycles. The second-order valence-electron chi connectivity index (χ2n) is 12.4. The van der Waals surface area contributed by atoms with E-state index < -0.39 is 45.8 Å². The molecule has 0 aromatic heterocycles. The van der Waals surface area contributed by atoms with Gasteiger partial charge in [-0.3, -0.25) is 13.9 Å². The first-order chi connectivity index (χ1) is 22.7. The third-order valence-corrected chi connectivity index (χ3v) is 9.40. The van der Waals surface area contributed by atoms with Crippen LogP contribution in [0.5, 0.6) is 11.5 Å². The summed E-state index contributed by atoms with van der Waals surface area (Å²) in [5.41, 5.74) is 1.27. The number of carbonyl (C=O) groups is 2. The zero-order valence-electron chi connectivity index (χ0n) is 28.1. The molecule has 0 spiro atoms. The number of anilines is 1. The molecule has 1 atom stereocenters. The van der Waals surface area contributed by atoms with Crippen LogP contribution >= 0.6 is 0 Å². The van der Waals surface area contributed by atoms with E-state index in [1.165, 1.54) is 61.6 Å². The lowest BCUT2D eigenvalue weighted by atomic mass is 10.0. The minimum absolute atomic E-state index is 0.0392. The molecule has 0 aliphatic carbocycles. The van der Waals surface area contributed by atoms with E-state index in [0.717, 1.165) is 15.4 Å². The van der Waals surface area contributed by atoms with Crippen LogP contribution in [-0.4, -0.2) is 57.5 Å². The van der Waals surface area contributed by atoms with Crippen molar-refractivity contribution in [2.45, 2.75) is 57.1 Å². The summed E-state index contributed by atoms with van der Waals surface area (Å²) in [6, 6.07) is 24.8. The van der Waals surface area contributed by atoms with Gasteiger partial charge in [-0.2, -0.15) is 0 Å². The van der Waals surface area contributed by atoms with Gasteiger partial charge in [-0.05, 0) is 63.6 Å². The van der Waals surface area contributed by atoms with E-state index in [2.05, 4.69) is 5.32 Å². The van der Waals surface area contributed by atoms with E-state index in [1.807, 2.05) is 58.0 Å². The van der Waals surface area contributed by atoms with Crippen molar-refractivity contribution in [2.75, 3.05) is 25.1 Å². The Labute approximate surface area is 282 Å². The number of carbonyl (C=O) groups excluding carboxylic acids is 2. The minimum Gasteiger partial charge on any atom is -0.493 e. The molecule has 0 bridgehead atoms. The number of halogens is 1. The first-order valence-electron chi connectivity index (χ1n) is 15.4. The number of ether oxygens (including phenoxy) is 2. The van der Waals surface area contributed by atoms with Crippen molar-refractivity contribution < 1.29 is 31.9 Å². The van der Waals surface area contributed by atoms with Crippen LogP contribution in [0.4, 0.5) is 10.1 Å². The smallest absolute Gasteiger partial charge is 0.264 e. The van der Waals surface area contributed by atoms with Gasteiger partial charge in [-0.15, -0.1) is 0 Å². The van der Waals surface area contributed by atoms with Gasteiger partial charge < -0.3 is 19.7 Å². The monoisotopic (exact) mass is 675 g/mol. The first-order valence-corrected chi connectivity index (χ1v) is 16.9. The van der Waals surface area contributed by atoms with Crippen molar-refractivity contribution >= 4 is 27.5 Å². The van der Waals surface area contributed by atoms with Crippen LogP contribution in [0.3, 0.4) is 0 Å². The molecule has 11 heteroatoms. The molecule has 0 heterocycles. The quantitative estimate of drug-likeness (QED) is 0.189. The fourth-order valence-electron chi connectivity index (χ4n) is 5.16. The van der Waals surface area contributed by atoms with Gasteiger partial charge in [0.05, 0.1) is 24.8 Å². The van der Waals surface area contributed by atoms with Gasteiger partial charge in [-0.25, -0.2) is 12.8 Å². The molecule has 0 saturated carbocycles. The molecule has 0 aliphatic rings. The molecule has 4 rings (SSSR count). The molecule has 254 valence electrons. The van der Waals surface area contributed by atoms with Gasteiger partial charge in [0.25, 0.3) is 10.0 Å². The van der Waals surface area contributed by atoms with E-state index in [0.29, 0.717) is 5.75 Å². The highest BCUT2D eigenvalue weighted by molar-refractivity contribution is 7.92. The number of rotatable bonds is 13. The summed E-state index contributed by atoms with van der Waals surface area (Å²) in [6.45, 7) is 6.31. The number of amides is 2. The summed E-state index contributed by atoms with van der Waals surface area (Å²) in [7, 11) is -1.47. The molecular formula is C37H42FN3O6S. The van der Waals surface area contributed by atoms with Crippen LogP contribution < -0.4 is 19.1 Å². The lowest BCUT2D eigenvalue weighted by Crippen LogP contribution is -2.56. The molecule has 0 radical (unpaired) electrons. The molecule has 4 aromatic rings. The van der Waals surface area contributed by atoms with Crippen LogP contribution in [-0.2, 0) is 32.6 Å². The average molecular weight is 676 g/mol. The number of hydrogen-bond donors (Lipinski definition) is 1. The van der Waals surface area contributed by atoms with Crippen LogP contribution in [0, 0.1) is 12.7 Å². The van der Waals surface area contributed by atoms with Crippen molar-refractivity contribution in [1.29, 1.82) is 0 Å². The molecule has 0 aliphatic heterocycles. The summed E-state index contributed by atoms with van der Waals surface area (Å²) in [5, 5.41) is 2.96. The predicted octanol–water partition coefficient (Wildman–Crippen LogP) is 5.90. The number of benzene rings is 4. The van der Waals surface area contributed by atoms with Crippen molar-refractivity contribution in [3.8, 4) is 11.5 Å². The summed E-state index contributed by atoms with van der Waals surface area (Å²) < 4.78 is 55.5. The van der Waals surface area contributed by atoms with E-state index in [1.54, 1.807) is 24.3 Å². The van der Waals surface area contributed by atoms with E-state index >= 15 is 4.39 Å². The second-order valence-corrected chi connectivity index (χ2v) is 14.3. The third kappa shape index (κ3) is 8.92. The molecular weight excluding hydrogens is 633 g/mol. The fourth-order valence-corrected chi connectivity index (χ4v) is 6.57. The Morgan fingerprint density at radius 1 is 0.854 bits per heavy atom. The molecule has 0 fully saturated rings. The number of aryl methyl sites for hydroxylation is 1. The Balaban J connectivity index is 1.87. The first kappa shape index (κ1) is 35.9. The lowest BCUT2D eigenvalue weighted by molar-refractivity contribution is -0.140. The van der Waals surface area contributed by atoms with Gasteiger partial charge in [0.15, 0.2) is 11.5 Å². The Kier molecular flexibility index (Phi) is 11.5. The maximum absolute atomic E-state index is 15.1. The highest BCUT2D eigenvalue weighted by atomic mass is 32.2. The maximum atomic E-state index is 15.1. The number of methoxy groups -OCH3 is 2. The SMILES string of the molecule is COc1ccc(N(CC(=O)N(Cc2ccccc2F)C(Cc2ccccc2)C(=O)NC(C)(C)C)S(=O)(=O)c2ccc(C)cc2)cc1OC. The largest absolute Gasteiger partial charge is 0.493 e. The second kappa shape index (κ2) is 15.3. The van der Waals surface area contributed by atoms with Gasteiger partial charge in [0.2, 0.25) is 11.8 Å². The van der Waals surface area contributed by atoms with Crippen molar-refractivity contribution in [3.63, 3.8) is 0 Å². The molecule has 48 heavy (non-hydrogen) atoms. The topological polar surface area (TPSA) is 105 Å². The zero-order chi connectivity index (χ0) is 35.1. The molecule has 2 amide bonds. The van der Waals surface area contributed by atoms with Crippen molar-refractivity contribution in [3.05, 3.63) is 120 Å². The molecule has 4 aromatic carbocycles. The number of hydrogen-bond acceptors (Lipinski definition) is 6. The Hall–Kier alpha value is -4.90. The molecule has 9 nitrogen and oxygen atoms in total. The summed E-state index contributed by atoms with van der Waals surface area (Å²) in [5.74, 6) is -1.12. The van der Waals surface area contributed by atoms with E-state index in [4.69, 9.17) is 9.47 Å². The third-order valence-electron chi connectivity index (χ3n) is 7.61. The number of nitrogens with zero attached hydrogens (tertiary/aromatic N) is 2.